The normalized spacial score (nSPS) is 14.6. The number of hydrogen-bond donors (Lipinski definition) is 4. The van der Waals surface area contributed by atoms with Gasteiger partial charge in [0.25, 0.3) is 0 Å². The second kappa shape index (κ2) is 5.25. The number of fused-ring (bicyclic) bond motifs is 1. The van der Waals surface area contributed by atoms with Gasteiger partial charge in [0, 0.05) is 34.6 Å². The Morgan fingerprint density at radius 2 is 1.81 bits per heavy atom. The van der Waals surface area contributed by atoms with Gasteiger partial charge in [-0.15, -0.1) is 0 Å². The third kappa shape index (κ3) is 2.43. The molecule has 1 aliphatic heterocycles. The summed E-state index contributed by atoms with van der Waals surface area (Å²) in [6, 6.07) is 14.6. The standard InChI is InChI=1S/C17H16N2O2/c18-14-7-3-1-5-12(14)16(20)9-11-10-19-15-8-4-2-6-13(15)17(11)21/h1-9,19-21H,10,18H2/b16-9-. The van der Waals surface area contributed by atoms with Gasteiger partial charge < -0.3 is 21.3 Å². The van der Waals surface area contributed by atoms with Crippen LogP contribution in [-0.4, -0.2) is 16.8 Å². The first kappa shape index (κ1) is 13.1. The molecule has 0 fully saturated rings. The van der Waals surface area contributed by atoms with Crippen molar-refractivity contribution in [2.45, 2.75) is 0 Å². The maximum absolute atomic E-state index is 10.3. The molecule has 5 N–H and O–H groups in total. The molecule has 4 nitrogen and oxygen atoms in total. The molecule has 1 aliphatic rings. The molecule has 0 amide bonds. The summed E-state index contributed by atoms with van der Waals surface area (Å²) in [7, 11) is 0. The van der Waals surface area contributed by atoms with Gasteiger partial charge in [-0.05, 0) is 30.3 Å². The highest BCUT2D eigenvalue weighted by molar-refractivity contribution is 5.81. The van der Waals surface area contributed by atoms with Crippen LogP contribution < -0.4 is 11.1 Å². The fourth-order valence-electron chi connectivity index (χ4n) is 2.38. The number of benzene rings is 2. The van der Waals surface area contributed by atoms with Crippen molar-refractivity contribution in [3.05, 3.63) is 71.3 Å². The molecule has 0 saturated carbocycles. The predicted molar refractivity (Wildman–Crippen MR) is 85.9 cm³/mol. The van der Waals surface area contributed by atoms with E-state index in [1.807, 2.05) is 24.3 Å². The van der Waals surface area contributed by atoms with Crippen LogP contribution in [0.15, 0.2) is 60.2 Å². The first-order valence-corrected chi connectivity index (χ1v) is 6.68. The van der Waals surface area contributed by atoms with E-state index in [0.717, 1.165) is 11.3 Å². The third-order valence-corrected chi connectivity index (χ3v) is 3.50. The molecular formula is C17H16N2O2. The fraction of sp³-hybridized carbons (Fsp3) is 0.0588. The van der Waals surface area contributed by atoms with E-state index in [2.05, 4.69) is 5.32 Å². The molecule has 106 valence electrons. The van der Waals surface area contributed by atoms with Crippen molar-refractivity contribution in [1.29, 1.82) is 0 Å². The van der Waals surface area contributed by atoms with Gasteiger partial charge in [0.15, 0.2) is 0 Å². The molecule has 0 radical (unpaired) electrons. The lowest BCUT2D eigenvalue weighted by Gasteiger charge is -2.20. The smallest absolute Gasteiger partial charge is 0.129 e. The van der Waals surface area contributed by atoms with Crippen LogP contribution in [0, 0.1) is 0 Å². The highest BCUT2D eigenvalue weighted by atomic mass is 16.3. The molecular weight excluding hydrogens is 264 g/mol. The Bertz CT molecular complexity index is 748. The molecule has 0 bridgehead atoms. The average molecular weight is 280 g/mol. The summed E-state index contributed by atoms with van der Waals surface area (Å²) >= 11 is 0. The van der Waals surface area contributed by atoms with Crippen molar-refractivity contribution in [3.63, 3.8) is 0 Å². The Hall–Kier alpha value is -2.88. The number of rotatable bonds is 2. The zero-order valence-electron chi connectivity index (χ0n) is 11.4. The van der Waals surface area contributed by atoms with Crippen LogP contribution in [0.5, 0.6) is 0 Å². The number of nitrogens with one attached hydrogen (secondary N) is 1. The summed E-state index contributed by atoms with van der Waals surface area (Å²) < 4.78 is 0. The van der Waals surface area contributed by atoms with Crippen LogP contribution in [0.4, 0.5) is 11.4 Å². The lowest BCUT2D eigenvalue weighted by molar-refractivity contribution is 0.501. The van der Waals surface area contributed by atoms with Gasteiger partial charge in [-0.2, -0.15) is 0 Å². The van der Waals surface area contributed by atoms with Crippen molar-refractivity contribution in [3.8, 4) is 0 Å². The van der Waals surface area contributed by atoms with E-state index in [1.165, 1.54) is 0 Å². The Kier molecular flexibility index (Phi) is 3.28. The SMILES string of the molecule is Nc1ccccc1/C(O)=C/C1=C(O)c2ccccc2NC1. The van der Waals surface area contributed by atoms with E-state index in [9.17, 15) is 10.2 Å². The minimum atomic E-state index is 0.0378. The van der Waals surface area contributed by atoms with Crippen LogP contribution in [0.1, 0.15) is 11.1 Å². The summed E-state index contributed by atoms with van der Waals surface area (Å²) in [6.07, 6.45) is 1.55. The van der Waals surface area contributed by atoms with Gasteiger partial charge in [-0.25, -0.2) is 0 Å². The second-order valence-corrected chi connectivity index (χ2v) is 4.89. The van der Waals surface area contributed by atoms with Crippen LogP contribution in [0.3, 0.4) is 0 Å². The van der Waals surface area contributed by atoms with Gasteiger partial charge >= 0.3 is 0 Å². The molecule has 4 heteroatoms. The number of nitrogens with two attached hydrogens (primary N) is 1. The first-order valence-electron chi connectivity index (χ1n) is 6.68. The third-order valence-electron chi connectivity index (χ3n) is 3.50. The minimum absolute atomic E-state index is 0.0378. The summed E-state index contributed by atoms with van der Waals surface area (Å²) in [5, 5.41) is 23.8. The van der Waals surface area contributed by atoms with E-state index in [0.29, 0.717) is 23.4 Å². The maximum Gasteiger partial charge on any atom is 0.129 e. The van der Waals surface area contributed by atoms with Crippen molar-refractivity contribution >= 4 is 22.9 Å². The van der Waals surface area contributed by atoms with Crippen molar-refractivity contribution in [1.82, 2.24) is 0 Å². The molecule has 0 aromatic heterocycles. The second-order valence-electron chi connectivity index (χ2n) is 4.89. The maximum atomic E-state index is 10.3. The van der Waals surface area contributed by atoms with Crippen LogP contribution >= 0.6 is 0 Å². The highest BCUT2D eigenvalue weighted by Crippen LogP contribution is 2.31. The number of para-hydroxylation sites is 2. The van der Waals surface area contributed by atoms with Crippen LogP contribution in [-0.2, 0) is 0 Å². The van der Waals surface area contributed by atoms with E-state index in [4.69, 9.17) is 5.73 Å². The Labute approximate surface area is 122 Å². The summed E-state index contributed by atoms with van der Waals surface area (Å²) in [4.78, 5) is 0. The number of nitrogen functional groups attached to an aromatic ring is 1. The zero-order valence-corrected chi connectivity index (χ0v) is 11.4. The van der Waals surface area contributed by atoms with E-state index < -0.39 is 0 Å². The molecule has 3 rings (SSSR count). The number of anilines is 2. The topological polar surface area (TPSA) is 78.5 Å². The predicted octanol–water partition coefficient (Wildman–Crippen LogP) is 3.56. The number of aliphatic hydroxyl groups excluding tert-OH is 2. The summed E-state index contributed by atoms with van der Waals surface area (Å²) in [6.45, 7) is 0.444. The lowest BCUT2D eigenvalue weighted by atomic mass is 10.0. The van der Waals surface area contributed by atoms with Crippen molar-refractivity contribution in [2.75, 3.05) is 17.6 Å². The van der Waals surface area contributed by atoms with Gasteiger partial charge in [0.2, 0.25) is 0 Å². The van der Waals surface area contributed by atoms with Crippen molar-refractivity contribution in [2.24, 2.45) is 0 Å². The largest absolute Gasteiger partial charge is 0.507 e. The van der Waals surface area contributed by atoms with Gasteiger partial charge in [-0.1, -0.05) is 24.3 Å². The molecule has 0 saturated heterocycles. The zero-order chi connectivity index (χ0) is 14.8. The van der Waals surface area contributed by atoms with Gasteiger partial charge in [0.05, 0.1) is 0 Å². The molecule has 2 aromatic carbocycles. The quantitative estimate of drug-likeness (QED) is 0.501. The molecule has 0 aliphatic carbocycles. The summed E-state index contributed by atoms with van der Waals surface area (Å²) in [5.41, 5.74) is 9.12. The summed E-state index contributed by atoms with van der Waals surface area (Å²) in [5.74, 6) is 0.209. The monoisotopic (exact) mass is 280 g/mol. The molecule has 0 spiro atoms. The fourth-order valence-corrected chi connectivity index (χ4v) is 2.38. The number of hydrogen-bond acceptors (Lipinski definition) is 4. The Balaban J connectivity index is 2.02. The van der Waals surface area contributed by atoms with E-state index >= 15 is 0 Å². The highest BCUT2D eigenvalue weighted by Gasteiger charge is 2.17. The van der Waals surface area contributed by atoms with Gasteiger partial charge in [0.1, 0.15) is 11.5 Å². The average Bonchev–Trinajstić information content (AvgIpc) is 2.51. The van der Waals surface area contributed by atoms with E-state index in [-0.39, 0.29) is 11.5 Å². The first-order chi connectivity index (χ1) is 10.2. The van der Waals surface area contributed by atoms with Crippen molar-refractivity contribution < 1.29 is 10.2 Å². The van der Waals surface area contributed by atoms with Crippen LogP contribution in [0.25, 0.3) is 11.5 Å². The minimum Gasteiger partial charge on any atom is -0.507 e. The lowest BCUT2D eigenvalue weighted by Crippen LogP contribution is -2.13. The molecule has 2 aromatic rings. The Morgan fingerprint density at radius 1 is 1.10 bits per heavy atom. The van der Waals surface area contributed by atoms with Crippen LogP contribution in [0.2, 0.25) is 0 Å². The molecule has 1 heterocycles. The van der Waals surface area contributed by atoms with Gasteiger partial charge in [-0.3, -0.25) is 0 Å². The molecule has 0 atom stereocenters. The van der Waals surface area contributed by atoms with E-state index in [1.54, 1.807) is 30.3 Å². The number of aliphatic hydroxyl groups is 2. The Morgan fingerprint density at radius 3 is 2.62 bits per heavy atom. The molecule has 21 heavy (non-hydrogen) atoms. The molecule has 0 unspecified atom stereocenters.